The summed E-state index contributed by atoms with van der Waals surface area (Å²) in [4.78, 5) is 2.45. The Morgan fingerprint density at radius 2 is 1.00 bits per heavy atom. The van der Waals surface area contributed by atoms with Crippen LogP contribution in [0, 0.1) is 0 Å². The third-order valence-corrected chi connectivity index (χ3v) is 11.2. The van der Waals surface area contributed by atoms with Gasteiger partial charge in [-0.2, -0.15) is 0 Å². The van der Waals surface area contributed by atoms with Crippen LogP contribution >= 0.6 is 0 Å². The summed E-state index contributed by atoms with van der Waals surface area (Å²) in [6.07, 6.45) is 0. The lowest BCUT2D eigenvalue weighted by Gasteiger charge is -2.29. The minimum absolute atomic E-state index is 0.105. The third kappa shape index (κ3) is 4.94. The van der Waals surface area contributed by atoms with Gasteiger partial charge in [0.2, 0.25) is 0 Å². The molecule has 10 rings (SSSR count). The van der Waals surface area contributed by atoms with E-state index < -0.39 is 0 Å². The van der Waals surface area contributed by atoms with Crippen LogP contribution in [0.1, 0.15) is 25.0 Å². The van der Waals surface area contributed by atoms with Gasteiger partial charge in [-0.15, -0.1) is 0 Å². The molecule has 9 aromatic rings. The van der Waals surface area contributed by atoms with Crippen molar-refractivity contribution in [2.24, 2.45) is 0 Å². The second-order valence-corrected chi connectivity index (χ2v) is 14.6. The van der Waals surface area contributed by atoms with Crippen LogP contribution < -0.4 is 4.90 Å². The van der Waals surface area contributed by atoms with Crippen molar-refractivity contribution in [3.63, 3.8) is 0 Å². The normalized spacial score (nSPS) is 12.9. The van der Waals surface area contributed by atoms with Crippen LogP contribution in [0.5, 0.6) is 0 Å². The summed E-state index contributed by atoms with van der Waals surface area (Å²) in [6, 6.07) is 70.8. The molecule has 2 heteroatoms. The minimum Gasteiger partial charge on any atom is -0.308 e. The van der Waals surface area contributed by atoms with E-state index in [1.165, 1.54) is 66.3 Å². The maximum Gasteiger partial charge on any atom is 0.0782 e. The van der Waals surface area contributed by atoms with Crippen LogP contribution in [-0.2, 0) is 5.41 Å². The Kier molecular flexibility index (Phi) is 7.19. The van der Waals surface area contributed by atoms with E-state index in [4.69, 9.17) is 0 Å². The second-order valence-electron chi connectivity index (χ2n) is 14.6. The summed E-state index contributed by atoms with van der Waals surface area (Å²) in [7, 11) is 0. The molecule has 1 heterocycles. The fraction of sp³-hybridized carbons (Fsp3) is 0.0588. The molecule has 0 unspecified atom stereocenters. The zero-order valence-corrected chi connectivity index (χ0v) is 29.9. The van der Waals surface area contributed by atoms with E-state index in [1.54, 1.807) is 0 Å². The first-order chi connectivity index (χ1) is 26.1. The molecule has 1 aliphatic rings. The Balaban J connectivity index is 1.18. The molecule has 0 radical (unpaired) electrons. The number of hydrogen-bond donors (Lipinski definition) is 0. The molecule has 2 nitrogen and oxygen atoms in total. The zero-order chi connectivity index (χ0) is 35.5. The van der Waals surface area contributed by atoms with E-state index in [9.17, 15) is 0 Å². The predicted molar refractivity (Wildman–Crippen MR) is 224 cm³/mol. The molecule has 0 saturated carbocycles. The second kappa shape index (κ2) is 12.3. The molecule has 0 fully saturated rings. The van der Waals surface area contributed by atoms with Crippen LogP contribution in [0.25, 0.3) is 60.9 Å². The molecule has 53 heavy (non-hydrogen) atoms. The largest absolute Gasteiger partial charge is 0.308 e. The highest BCUT2D eigenvalue weighted by molar-refractivity contribution is 6.14. The van der Waals surface area contributed by atoms with Crippen molar-refractivity contribution in [1.82, 2.24) is 4.57 Å². The Morgan fingerprint density at radius 3 is 1.75 bits per heavy atom. The number of hydrogen-bond acceptors (Lipinski definition) is 1. The quantitative estimate of drug-likeness (QED) is 0.170. The highest BCUT2D eigenvalue weighted by Crippen LogP contribution is 2.51. The number of fused-ring (bicyclic) bond motifs is 6. The van der Waals surface area contributed by atoms with Crippen molar-refractivity contribution in [1.29, 1.82) is 0 Å². The number of aromatic nitrogens is 1. The first-order valence-electron chi connectivity index (χ1n) is 18.4. The smallest absolute Gasteiger partial charge is 0.0782 e. The van der Waals surface area contributed by atoms with Gasteiger partial charge in [0.15, 0.2) is 0 Å². The van der Waals surface area contributed by atoms with Crippen LogP contribution in [0.4, 0.5) is 17.1 Å². The summed E-state index contributed by atoms with van der Waals surface area (Å²) in [5.41, 5.74) is 17.1. The molecule has 0 spiro atoms. The average Bonchev–Trinajstić information content (AvgIpc) is 3.68. The summed E-state index contributed by atoms with van der Waals surface area (Å²) < 4.78 is 2.45. The summed E-state index contributed by atoms with van der Waals surface area (Å²) in [6.45, 7) is 4.71. The molecule has 0 atom stereocenters. The van der Waals surface area contributed by atoms with Gasteiger partial charge >= 0.3 is 0 Å². The Morgan fingerprint density at radius 1 is 0.415 bits per heavy atom. The molecular formula is C51H38N2. The van der Waals surface area contributed by atoms with Gasteiger partial charge in [-0.25, -0.2) is 0 Å². The standard InChI is InChI=1S/C51H38N2/c1-51(2)46-25-13-11-22-42(46)43-33-32-39(34-47(43)51)52(37-18-7-4-8-19-37)49-27-15-24-45-44-23-12-14-26-48(44)53(50(45)49)38-30-28-36(29-31-38)41-21-10-9-20-40(41)35-16-5-3-6-17-35/h3-34H,1-2H3. The molecular weight excluding hydrogens is 641 g/mol. The summed E-state index contributed by atoms with van der Waals surface area (Å²) in [5.74, 6) is 0. The topological polar surface area (TPSA) is 8.17 Å². The first kappa shape index (κ1) is 31.1. The molecule has 1 aliphatic carbocycles. The van der Waals surface area contributed by atoms with Crippen LogP contribution in [-0.4, -0.2) is 4.57 Å². The van der Waals surface area contributed by atoms with Crippen molar-refractivity contribution in [3.8, 4) is 39.1 Å². The third-order valence-electron chi connectivity index (χ3n) is 11.2. The maximum atomic E-state index is 2.45. The number of rotatable bonds is 6. The van der Waals surface area contributed by atoms with E-state index >= 15 is 0 Å². The van der Waals surface area contributed by atoms with E-state index in [-0.39, 0.29) is 5.41 Å². The van der Waals surface area contributed by atoms with E-state index in [2.05, 4.69) is 217 Å². The van der Waals surface area contributed by atoms with E-state index in [1.807, 2.05) is 0 Å². The Bertz CT molecular complexity index is 2790. The lowest BCUT2D eigenvalue weighted by atomic mass is 9.82. The highest BCUT2D eigenvalue weighted by Gasteiger charge is 2.36. The van der Waals surface area contributed by atoms with E-state index in [0.29, 0.717) is 0 Å². The van der Waals surface area contributed by atoms with Crippen LogP contribution in [0.3, 0.4) is 0 Å². The number of nitrogens with zero attached hydrogens (tertiary/aromatic N) is 2. The van der Waals surface area contributed by atoms with Gasteiger partial charge in [-0.3, -0.25) is 0 Å². The summed E-state index contributed by atoms with van der Waals surface area (Å²) in [5, 5.41) is 2.47. The van der Waals surface area contributed by atoms with Crippen molar-refractivity contribution in [2.45, 2.75) is 19.3 Å². The average molecular weight is 679 g/mol. The molecule has 0 amide bonds. The SMILES string of the molecule is CC1(C)c2ccccc2-c2ccc(N(c3ccccc3)c3cccc4c5ccccc5n(-c5ccc(-c6ccccc6-c6ccccc6)cc5)c34)cc21. The summed E-state index contributed by atoms with van der Waals surface area (Å²) >= 11 is 0. The lowest BCUT2D eigenvalue weighted by molar-refractivity contribution is 0.660. The van der Waals surface area contributed by atoms with Crippen molar-refractivity contribution >= 4 is 38.9 Å². The van der Waals surface area contributed by atoms with Crippen molar-refractivity contribution in [3.05, 3.63) is 205 Å². The van der Waals surface area contributed by atoms with Gasteiger partial charge in [-0.05, 0) is 93.0 Å². The Hall–Kier alpha value is -6.64. The van der Waals surface area contributed by atoms with E-state index in [0.717, 1.165) is 22.7 Å². The zero-order valence-electron chi connectivity index (χ0n) is 29.9. The van der Waals surface area contributed by atoms with Gasteiger partial charge in [0.1, 0.15) is 0 Å². The molecule has 0 aliphatic heterocycles. The first-order valence-corrected chi connectivity index (χ1v) is 18.4. The van der Waals surface area contributed by atoms with Gasteiger partial charge in [0, 0.05) is 33.2 Å². The molecule has 252 valence electrons. The fourth-order valence-corrected chi connectivity index (χ4v) is 8.68. The molecule has 0 bridgehead atoms. The van der Waals surface area contributed by atoms with Crippen LogP contribution in [0.2, 0.25) is 0 Å². The van der Waals surface area contributed by atoms with Crippen LogP contribution in [0.15, 0.2) is 194 Å². The number of benzene rings is 8. The van der Waals surface area contributed by atoms with Gasteiger partial charge in [-0.1, -0.05) is 159 Å². The van der Waals surface area contributed by atoms with Crippen molar-refractivity contribution < 1.29 is 0 Å². The molecule has 8 aromatic carbocycles. The Labute approximate surface area is 310 Å². The maximum absolute atomic E-state index is 2.45. The lowest BCUT2D eigenvalue weighted by Crippen LogP contribution is -2.17. The van der Waals surface area contributed by atoms with Crippen molar-refractivity contribution in [2.75, 3.05) is 4.90 Å². The number of para-hydroxylation sites is 3. The number of anilines is 3. The molecule has 0 saturated heterocycles. The molecule has 1 aromatic heterocycles. The predicted octanol–water partition coefficient (Wildman–Crippen LogP) is 13.9. The van der Waals surface area contributed by atoms with Gasteiger partial charge < -0.3 is 9.47 Å². The van der Waals surface area contributed by atoms with Gasteiger partial charge in [0.25, 0.3) is 0 Å². The minimum atomic E-state index is -0.105. The monoisotopic (exact) mass is 678 g/mol. The highest BCUT2D eigenvalue weighted by atomic mass is 15.2. The van der Waals surface area contributed by atoms with Gasteiger partial charge in [0.05, 0.1) is 16.7 Å². The molecule has 0 N–H and O–H groups in total. The fourth-order valence-electron chi connectivity index (χ4n) is 8.68.